The van der Waals surface area contributed by atoms with E-state index in [1.165, 1.54) is 12.1 Å². The number of carbonyl (C=O) groups excluding carboxylic acids is 1. The van der Waals surface area contributed by atoms with E-state index in [9.17, 15) is 14.9 Å². The van der Waals surface area contributed by atoms with Gasteiger partial charge in [-0.05, 0) is 52.9 Å². The number of carbonyl (C=O) groups is 1. The van der Waals surface area contributed by atoms with Crippen LogP contribution in [0.1, 0.15) is 24.0 Å². The van der Waals surface area contributed by atoms with Crippen LogP contribution in [0.25, 0.3) is 12.2 Å². The predicted molar refractivity (Wildman–Crippen MR) is 87.6 cm³/mol. The molecule has 0 spiro atoms. The van der Waals surface area contributed by atoms with Crippen LogP contribution >= 0.6 is 11.3 Å². The van der Waals surface area contributed by atoms with Gasteiger partial charge in [-0.25, -0.2) is 0 Å². The number of benzene rings is 1. The number of non-ortho nitro benzene ring substituents is 1. The molecular formula is C17H13NO3S. The van der Waals surface area contributed by atoms with Crippen molar-refractivity contribution in [1.82, 2.24) is 0 Å². The molecule has 0 atom stereocenters. The zero-order valence-electron chi connectivity index (χ0n) is 11.7. The van der Waals surface area contributed by atoms with Gasteiger partial charge in [-0.3, -0.25) is 14.9 Å². The van der Waals surface area contributed by atoms with Gasteiger partial charge in [-0.2, -0.15) is 11.3 Å². The van der Waals surface area contributed by atoms with Crippen LogP contribution in [0.5, 0.6) is 0 Å². The van der Waals surface area contributed by atoms with Crippen molar-refractivity contribution in [1.29, 1.82) is 0 Å². The number of nitrogens with zero attached hydrogens (tertiary/aromatic N) is 1. The van der Waals surface area contributed by atoms with Crippen LogP contribution in [0.4, 0.5) is 5.69 Å². The smallest absolute Gasteiger partial charge is 0.270 e. The van der Waals surface area contributed by atoms with Crippen molar-refractivity contribution in [2.45, 2.75) is 12.8 Å². The number of hydrogen-bond donors (Lipinski definition) is 0. The molecule has 0 unspecified atom stereocenters. The predicted octanol–water partition coefficient (Wildman–Crippen LogP) is 4.49. The number of allylic oxidation sites excluding steroid dienone is 2. The number of nitro groups is 1. The lowest BCUT2D eigenvalue weighted by Crippen LogP contribution is -1.95. The second kappa shape index (κ2) is 6.07. The van der Waals surface area contributed by atoms with E-state index < -0.39 is 4.92 Å². The van der Waals surface area contributed by atoms with Crippen LogP contribution in [0, 0.1) is 10.1 Å². The van der Waals surface area contributed by atoms with Crippen molar-refractivity contribution in [2.24, 2.45) is 0 Å². The highest BCUT2D eigenvalue weighted by Crippen LogP contribution is 2.30. The lowest BCUT2D eigenvalue weighted by Gasteiger charge is -1.97. The molecule has 1 saturated carbocycles. The lowest BCUT2D eigenvalue weighted by molar-refractivity contribution is -0.384. The second-order valence-corrected chi connectivity index (χ2v) is 5.86. The summed E-state index contributed by atoms with van der Waals surface area (Å²) in [6, 6.07) is 8.31. The van der Waals surface area contributed by atoms with E-state index >= 15 is 0 Å². The number of hydrogen-bond acceptors (Lipinski definition) is 4. The first kappa shape index (κ1) is 14.4. The van der Waals surface area contributed by atoms with Crippen molar-refractivity contribution in [3.8, 4) is 0 Å². The van der Waals surface area contributed by atoms with Crippen molar-refractivity contribution < 1.29 is 9.72 Å². The van der Waals surface area contributed by atoms with E-state index in [0.717, 1.165) is 17.6 Å². The first-order valence-electron chi connectivity index (χ1n) is 6.86. The summed E-state index contributed by atoms with van der Waals surface area (Å²) >= 11 is 1.60. The van der Waals surface area contributed by atoms with Crippen LogP contribution in [0.3, 0.4) is 0 Å². The Bertz CT molecular complexity index is 788. The first-order valence-corrected chi connectivity index (χ1v) is 7.80. The maximum Gasteiger partial charge on any atom is 0.270 e. The Kier molecular flexibility index (Phi) is 3.98. The summed E-state index contributed by atoms with van der Waals surface area (Å²) in [6.07, 6.45) is 5.07. The minimum Gasteiger partial charge on any atom is -0.289 e. The average Bonchev–Trinajstić information content (AvgIpc) is 3.13. The van der Waals surface area contributed by atoms with E-state index in [-0.39, 0.29) is 11.5 Å². The maximum absolute atomic E-state index is 12.4. The van der Waals surface area contributed by atoms with Gasteiger partial charge < -0.3 is 0 Å². The monoisotopic (exact) mass is 311 g/mol. The fourth-order valence-corrected chi connectivity index (χ4v) is 3.08. The maximum atomic E-state index is 12.4. The van der Waals surface area contributed by atoms with Crippen molar-refractivity contribution in [3.05, 3.63) is 73.5 Å². The second-order valence-electron chi connectivity index (χ2n) is 5.08. The van der Waals surface area contributed by atoms with E-state index in [2.05, 4.69) is 0 Å². The van der Waals surface area contributed by atoms with E-state index in [0.29, 0.717) is 17.6 Å². The van der Waals surface area contributed by atoms with Gasteiger partial charge in [0, 0.05) is 23.3 Å². The summed E-state index contributed by atoms with van der Waals surface area (Å²) in [6.45, 7) is 0. The van der Waals surface area contributed by atoms with Gasteiger partial charge in [0.05, 0.1) is 4.92 Å². The molecule has 0 aliphatic heterocycles. The zero-order valence-corrected chi connectivity index (χ0v) is 12.5. The van der Waals surface area contributed by atoms with E-state index in [1.807, 2.05) is 22.9 Å². The summed E-state index contributed by atoms with van der Waals surface area (Å²) in [5, 5.41) is 14.8. The number of nitro benzene ring substituents is 1. The standard InChI is InChI=1S/C17H13NO3S/c19-17-14(4-5-15(17)9-13-6-7-22-11-13)8-12-2-1-3-16(10-12)18(20)21/h1-3,6-11H,4-5H2. The molecule has 5 heteroatoms. The zero-order chi connectivity index (χ0) is 15.5. The molecule has 1 heterocycles. The molecule has 0 saturated heterocycles. The molecule has 2 aromatic rings. The molecule has 1 aromatic carbocycles. The largest absolute Gasteiger partial charge is 0.289 e. The van der Waals surface area contributed by atoms with Crippen LogP contribution in [0.15, 0.2) is 52.2 Å². The summed E-state index contributed by atoms with van der Waals surface area (Å²) in [4.78, 5) is 22.8. The summed E-state index contributed by atoms with van der Waals surface area (Å²) in [5.74, 6) is 0.0395. The summed E-state index contributed by atoms with van der Waals surface area (Å²) < 4.78 is 0. The molecule has 4 nitrogen and oxygen atoms in total. The molecule has 1 fully saturated rings. The topological polar surface area (TPSA) is 60.2 Å². The molecule has 110 valence electrons. The fraction of sp³-hybridized carbons (Fsp3) is 0.118. The van der Waals surface area contributed by atoms with Crippen LogP contribution in [0.2, 0.25) is 0 Å². The average molecular weight is 311 g/mol. The minimum absolute atomic E-state index is 0.0360. The Morgan fingerprint density at radius 2 is 1.82 bits per heavy atom. The van der Waals surface area contributed by atoms with E-state index in [1.54, 1.807) is 29.5 Å². The quantitative estimate of drug-likeness (QED) is 0.477. The SMILES string of the molecule is O=C1C(=Cc2ccsc2)CCC1=Cc1cccc([N+](=O)[O-])c1. The number of Topliss-reactive ketones (excluding diaryl/α,β-unsaturated/α-hetero) is 1. The van der Waals surface area contributed by atoms with E-state index in [4.69, 9.17) is 0 Å². The van der Waals surface area contributed by atoms with Gasteiger partial charge in [0.1, 0.15) is 0 Å². The van der Waals surface area contributed by atoms with Gasteiger partial charge >= 0.3 is 0 Å². The fourth-order valence-electron chi connectivity index (χ4n) is 2.47. The van der Waals surface area contributed by atoms with Gasteiger partial charge in [0.2, 0.25) is 0 Å². The van der Waals surface area contributed by atoms with Crippen LogP contribution < -0.4 is 0 Å². The Balaban J connectivity index is 1.86. The van der Waals surface area contributed by atoms with Crippen molar-refractivity contribution in [3.63, 3.8) is 0 Å². The highest BCUT2D eigenvalue weighted by molar-refractivity contribution is 7.08. The van der Waals surface area contributed by atoms with Crippen LogP contribution in [-0.4, -0.2) is 10.7 Å². The van der Waals surface area contributed by atoms with Crippen LogP contribution in [-0.2, 0) is 4.79 Å². The molecule has 0 N–H and O–H groups in total. The summed E-state index contributed by atoms with van der Waals surface area (Å²) in [7, 11) is 0. The van der Waals surface area contributed by atoms with Crippen molar-refractivity contribution in [2.75, 3.05) is 0 Å². The third-order valence-electron chi connectivity index (χ3n) is 3.55. The van der Waals surface area contributed by atoms with Crippen molar-refractivity contribution >= 4 is 35.0 Å². The Morgan fingerprint density at radius 3 is 2.45 bits per heavy atom. The molecule has 0 radical (unpaired) electrons. The highest BCUT2D eigenvalue weighted by Gasteiger charge is 2.23. The third-order valence-corrected chi connectivity index (χ3v) is 4.25. The van der Waals surface area contributed by atoms with Gasteiger partial charge in [0.25, 0.3) is 5.69 Å². The Morgan fingerprint density at radius 1 is 1.09 bits per heavy atom. The number of ketones is 1. The molecule has 22 heavy (non-hydrogen) atoms. The molecule has 1 aliphatic carbocycles. The number of thiophene rings is 1. The minimum atomic E-state index is -0.430. The molecule has 0 amide bonds. The lowest BCUT2D eigenvalue weighted by atomic mass is 10.1. The molecule has 1 aliphatic rings. The molecular weight excluding hydrogens is 298 g/mol. The van der Waals surface area contributed by atoms with Gasteiger partial charge in [-0.1, -0.05) is 12.1 Å². The third kappa shape index (κ3) is 3.04. The van der Waals surface area contributed by atoms with Gasteiger partial charge in [-0.15, -0.1) is 0 Å². The molecule has 0 bridgehead atoms. The molecule has 1 aromatic heterocycles. The Labute approximate surface area is 131 Å². The Hall–Kier alpha value is -2.53. The molecule has 3 rings (SSSR count). The summed E-state index contributed by atoms with van der Waals surface area (Å²) in [5.41, 5.74) is 3.28. The highest BCUT2D eigenvalue weighted by atomic mass is 32.1. The normalized spacial score (nSPS) is 18.3. The van der Waals surface area contributed by atoms with Gasteiger partial charge in [0.15, 0.2) is 5.78 Å². The first-order chi connectivity index (χ1) is 10.6. The number of rotatable bonds is 3.